The van der Waals surface area contributed by atoms with Crippen LogP contribution in [-0.2, 0) is 20.9 Å². The Labute approximate surface area is 173 Å². The number of hydrogen-bond donors (Lipinski definition) is 5. The fourth-order valence-corrected chi connectivity index (χ4v) is 2.36. The third-order valence-electron chi connectivity index (χ3n) is 3.98. The highest BCUT2D eigenvalue weighted by atomic mass is 16.5. The average Bonchev–Trinajstić information content (AvgIpc) is 2.73. The number of para-hydroxylation sites is 2. The van der Waals surface area contributed by atoms with Crippen LogP contribution in [0.5, 0.6) is 0 Å². The van der Waals surface area contributed by atoms with Crippen LogP contribution in [0.4, 0.5) is 11.4 Å². The molecule has 0 saturated carbocycles. The number of anilines is 2. The summed E-state index contributed by atoms with van der Waals surface area (Å²) in [5.74, 6) is 4.13. The number of methoxy groups -OCH3 is 1. The van der Waals surface area contributed by atoms with Crippen LogP contribution in [0.1, 0.15) is 15.9 Å². The molecule has 158 valence electrons. The van der Waals surface area contributed by atoms with E-state index in [0.29, 0.717) is 16.9 Å². The number of amides is 2. The van der Waals surface area contributed by atoms with Gasteiger partial charge in [0.2, 0.25) is 0 Å². The highest BCUT2D eigenvalue weighted by Gasteiger charge is 2.10. The summed E-state index contributed by atoms with van der Waals surface area (Å²) in [7, 11) is 1.22. The first-order chi connectivity index (χ1) is 14.3. The number of carbonyl (C=O) groups is 3. The molecule has 8 N–H and O–H groups in total. The number of ether oxygens (including phenoxy) is 1. The van der Waals surface area contributed by atoms with Crippen molar-refractivity contribution >= 4 is 29.2 Å². The van der Waals surface area contributed by atoms with Crippen molar-refractivity contribution in [2.75, 3.05) is 24.7 Å². The summed E-state index contributed by atoms with van der Waals surface area (Å²) in [6.45, 7) is -0.0644. The van der Waals surface area contributed by atoms with Crippen molar-refractivity contribution in [1.82, 2.24) is 10.3 Å². The van der Waals surface area contributed by atoms with Crippen LogP contribution in [-0.4, -0.2) is 36.4 Å². The average molecular weight is 412 g/mol. The maximum atomic E-state index is 12.3. The van der Waals surface area contributed by atoms with Gasteiger partial charge in [-0.25, -0.2) is 5.84 Å². The summed E-state index contributed by atoms with van der Waals surface area (Å²) in [4.78, 5) is 35.5. The summed E-state index contributed by atoms with van der Waals surface area (Å²) in [5.41, 5.74) is 13.5. The molecule has 10 heteroatoms. The summed E-state index contributed by atoms with van der Waals surface area (Å²) in [5, 5.41) is 6.31. The Bertz CT molecular complexity index is 943. The first-order valence-electron chi connectivity index (χ1n) is 8.88. The monoisotopic (exact) mass is 412 g/mol. The molecule has 0 aliphatic heterocycles. The molecule has 0 unspecified atom stereocenters. The number of benzene rings is 2. The summed E-state index contributed by atoms with van der Waals surface area (Å²) in [6, 6.07) is 13.6. The number of rotatable bonds is 8. The van der Waals surface area contributed by atoms with Crippen LogP contribution in [0.15, 0.2) is 60.4 Å². The zero-order valence-electron chi connectivity index (χ0n) is 16.4. The van der Waals surface area contributed by atoms with E-state index in [0.717, 1.165) is 16.8 Å². The van der Waals surface area contributed by atoms with Gasteiger partial charge in [0.05, 0.1) is 18.5 Å². The van der Waals surface area contributed by atoms with Crippen molar-refractivity contribution in [2.24, 2.45) is 11.6 Å². The molecule has 0 aromatic heterocycles. The summed E-state index contributed by atoms with van der Waals surface area (Å²) < 4.78 is 4.47. The molecule has 0 atom stereocenters. The molecule has 0 fully saturated rings. The predicted octanol–water partition coefficient (Wildman–Crippen LogP) is 0.286. The van der Waals surface area contributed by atoms with Gasteiger partial charge in [-0.2, -0.15) is 0 Å². The number of nitrogens with two attached hydrogens (primary N) is 3. The van der Waals surface area contributed by atoms with Crippen molar-refractivity contribution in [2.45, 2.75) is 6.54 Å². The van der Waals surface area contributed by atoms with Crippen molar-refractivity contribution in [3.05, 3.63) is 71.6 Å². The van der Waals surface area contributed by atoms with Gasteiger partial charge in [0, 0.05) is 18.3 Å². The fraction of sp³-hybridized carbons (Fsp3) is 0.150. The van der Waals surface area contributed by atoms with E-state index < -0.39 is 11.9 Å². The minimum atomic E-state index is -0.568. The molecule has 0 spiro atoms. The molecule has 2 aromatic carbocycles. The van der Waals surface area contributed by atoms with Gasteiger partial charge in [-0.1, -0.05) is 24.3 Å². The smallest absolute Gasteiger partial charge is 0.326 e. The molecular weight excluding hydrogens is 388 g/mol. The second kappa shape index (κ2) is 10.5. The van der Waals surface area contributed by atoms with Crippen LogP contribution in [0.2, 0.25) is 0 Å². The lowest BCUT2D eigenvalue weighted by molar-refractivity contribution is -0.141. The molecule has 0 aliphatic carbocycles. The number of hydrazine groups is 1. The second-order valence-corrected chi connectivity index (χ2v) is 6.25. The van der Waals surface area contributed by atoms with Crippen LogP contribution < -0.4 is 27.9 Å². The van der Waals surface area contributed by atoms with E-state index in [-0.39, 0.29) is 24.7 Å². The maximum Gasteiger partial charge on any atom is 0.326 e. The van der Waals surface area contributed by atoms with Gasteiger partial charge >= 0.3 is 5.97 Å². The van der Waals surface area contributed by atoms with Gasteiger partial charge in [0.25, 0.3) is 11.8 Å². The van der Waals surface area contributed by atoms with Gasteiger partial charge in [-0.3, -0.25) is 14.4 Å². The van der Waals surface area contributed by atoms with Gasteiger partial charge in [0.15, 0.2) is 0 Å². The lowest BCUT2D eigenvalue weighted by Crippen LogP contribution is -2.35. The quantitative estimate of drug-likeness (QED) is 0.136. The third kappa shape index (κ3) is 6.53. The van der Waals surface area contributed by atoms with Gasteiger partial charge in [-0.15, -0.1) is 0 Å². The van der Waals surface area contributed by atoms with Crippen LogP contribution in [0.25, 0.3) is 0 Å². The first kappa shape index (κ1) is 22.2. The van der Waals surface area contributed by atoms with E-state index >= 15 is 0 Å². The van der Waals surface area contributed by atoms with Crippen LogP contribution in [0, 0.1) is 0 Å². The highest BCUT2D eigenvalue weighted by molar-refractivity contribution is 6.05. The molecule has 0 saturated heterocycles. The lowest BCUT2D eigenvalue weighted by atomic mass is 10.1. The zero-order chi connectivity index (χ0) is 22.1. The normalized spacial score (nSPS) is 10.8. The predicted molar refractivity (Wildman–Crippen MR) is 112 cm³/mol. The minimum absolute atomic E-state index is 0.169. The highest BCUT2D eigenvalue weighted by Crippen LogP contribution is 2.18. The Morgan fingerprint density at radius 1 is 1.10 bits per heavy atom. The maximum absolute atomic E-state index is 12.3. The number of carbonyl (C=O) groups excluding carboxylic acids is 3. The van der Waals surface area contributed by atoms with Crippen molar-refractivity contribution in [3.63, 3.8) is 0 Å². The zero-order valence-corrected chi connectivity index (χ0v) is 16.4. The molecule has 2 aromatic rings. The van der Waals surface area contributed by atoms with Crippen LogP contribution >= 0.6 is 0 Å². The van der Waals surface area contributed by atoms with E-state index in [2.05, 4.69) is 15.4 Å². The van der Waals surface area contributed by atoms with Gasteiger partial charge in [0.1, 0.15) is 12.2 Å². The fourth-order valence-electron chi connectivity index (χ4n) is 2.36. The SMILES string of the molecule is COC(=O)CN(N)/C=C(\N)C(=O)NCc1ccc(C(=O)Nc2ccccc2N)cc1. The van der Waals surface area contributed by atoms with Gasteiger partial charge in [-0.05, 0) is 29.8 Å². The van der Waals surface area contributed by atoms with E-state index in [1.807, 2.05) is 0 Å². The summed E-state index contributed by atoms with van der Waals surface area (Å²) in [6.07, 6.45) is 1.13. The topological polar surface area (TPSA) is 166 Å². The Balaban J connectivity index is 1.89. The third-order valence-corrected chi connectivity index (χ3v) is 3.98. The minimum Gasteiger partial charge on any atom is -0.468 e. The van der Waals surface area contributed by atoms with E-state index in [4.69, 9.17) is 17.3 Å². The van der Waals surface area contributed by atoms with Gasteiger partial charge < -0.3 is 31.8 Å². The standard InChI is InChI=1S/C20H24N6O4/c1-30-18(27)12-26(23)11-16(22)20(29)24-10-13-6-8-14(9-7-13)19(28)25-17-5-3-2-4-15(17)21/h2-9,11H,10,12,21-23H2,1H3,(H,24,29)(H,25,28)/b16-11-. The molecule has 10 nitrogen and oxygen atoms in total. The Morgan fingerprint density at radius 2 is 1.77 bits per heavy atom. The van der Waals surface area contributed by atoms with Crippen LogP contribution in [0.3, 0.4) is 0 Å². The molecule has 0 bridgehead atoms. The number of hydrogen-bond acceptors (Lipinski definition) is 8. The largest absolute Gasteiger partial charge is 0.468 e. The molecule has 0 radical (unpaired) electrons. The van der Waals surface area contributed by atoms with Crippen molar-refractivity contribution in [1.29, 1.82) is 0 Å². The number of nitrogens with zero attached hydrogens (tertiary/aromatic N) is 1. The number of nitrogen functional groups attached to an aromatic ring is 1. The lowest BCUT2D eigenvalue weighted by Gasteiger charge is -2.13. The molecular formula is C20H24N6O4. The molecule has 0 heterocycles. The Hall–Kier alpha value is -4.05. The first-order valence-corrected chi connectivity index (χ1v) is 8.88. The Kier molecular flexibility index (Phi) is 7.77. The molecule has 30 heavy (non-hydrogen) atoms. The van der Waals surface area contributed by atoms with E-state index in [1.54, 1.807) is 48.5 Å². The molecule has 2 amide bonds. The molecule has 0 aliphatic rings. The van der Waals surface area contributed by atoms with Crippen molar-refractivity contribution < 1.29 is 19.1 Å². The van der Waals surface area contributed by atoms with E-state index in [1.165, 1.54) is 7.11 Å². The molecule has 2 rings (SSSR count). The van der Waals surface area contributed by atoms with E-state index in [9.17, 15) is 14.4 Å². The van der Waals surface area contributed by atoms with Crippen molar-refractivity contribution in [3.8, 4) is 0 Å². The summed E-state index contributed by atoms with van der Waals surface area (Å²) >= 11 is 0. The number of esters is 1. The number of nitrogens with one attached hydrogen (secondary N) is 2. The second-order valence-electron chi connectivity index (χ2n) is 6.25. The Morgan fingerprint density at radius 3 is 2.40 bits per heavy atom.